The molecule has 7 heteroatoms. The van der Waals surface area contributed by atoms with Gasteiger partial charge in [-0.2, -0.15) is 0 Å². The Hall–Kier alpha value is -2.64. The standard InChI is InChI=1S/C26H37N3O4/c1-5-7-17-27-23-24(19-9-13-21(32-3)14-10-19)28(18-8-6-2)25(26(23)29(30)31)20-11-15-22(33-4)16-12-20/h9-16,23-27H,5-8,17-18H2,1-4H3/t23-,24-,25-,26+/m1/s1. The second kappa shape index (κ2) is 12.0. The molecule has 180 valence electrons. The number of likely N-dealkylation sites (tertiary alicyclic amines) is 1. The lowest BCUT2D eigenvalue weighted by atomic mass is 9.94. The van der Waals surface area contributed by atoms with E-state index in [4.69, 9.17) is 9.47 Å². The molecule has 1 aliphatic rings. The highest BCUT2D eigenvalue weighted by molar-refractivity contribution is 5.35. The Labute approximate surface area is 197 Å². The molecule has 1 aliphatic heterocycles. The average molecular weight is 456 g/mol. The number of ether oxygens (including phenoxy) is 2. The van der Waals surface area contributed by atoms with E-state index in [0.29, 0.717) is 0 Å². The fraction of sp³-hybridized carbons (Fsp3) is 0.538. The first-order chi connectivity index (χ1) is 16.0. The zero-order valence-corrected chi connectivity index (χ0v) is 20.2. The number of hydrogen-bond acceptors (Lipinski definition) is 6. The summed E-state index contributed by atoms with van der Waals surface area (Å²) >= 11 is 0. The van der Waals surface area contributed by atoms with E-state index >= 15 is 0 Å². The molecule has 2 aromatic carbocycles. The van der Waals surface area contributed by atoms with Gasteiger partial charge in [0.15, 0.2) is 0 Å². The van der Waals surface area contributed by atoms with E-state index in [9.17, 15) is 10.1 Å². The van der Waals surface area contributed by atoms with Crippen LogP contribution < -0.4 is 14.8 Å². The van der Waals surface area contributed by atoms with Gasteiger partial charge in [0.25, 0.3) is 0 Å². The van der Waals surface area contributed by atoms with Gasteiger partial charge in [0, 0.05) is 4.92 Å². The van der Waals surface area contributed by atoms with Crippen LogP contribution in [0.15, 0.2) is 48.5 Å². The van der Waals surface area contributed by atoms with Crippen LogP contribution in [0.1, 0.15) is 62.7 Å². The van der Waals surface area contributed by atoms with Crippen molar-refractivity contribution in [3.05, 3.63) is 69.8 Å². The van der Waals surface area contributed by atoms with E-state index in [1.54, 1.807) is 14.2 Å². The van der Waals surface area contributed by atoms with Crippen LogP contribution in [0.2, 0.25) is 0 Å². The maximum Gasteiger partial charge on any atom is 0.249 e. The molecule has 7 nitrogen and oxygen atoms in total. The molecule has 0 spiro atoms. The van der Waals surface area contributed by atoms with Crippen molar-refractivity contribution < 1.29 is 14.4 Å². The van der Waals surface area contributed by atoms with Crippen LogP contribution in [-0.2, 0) is 0 Å². The first-order valence-electron chi connectivity index (χ1n) is 12.0. The zero-order valence-electron chi connectivity index (χ0n) is 20.2. The van der Waals surface area contributed by atoms with Gasteiger partial charge in [0.05, 0.1) is 26.3 Å². The summed E-state index contributed by atoms with van der Waals surface area (Å²) in [6.07, 6.45) is 4.03. The lowest BCUT2D eigenvalue weighted by Gasteiger charge is -2.31. The molecule has 0 saturated carbocycles. The minimum absolute atomic E-state index is 0.0824. The van der Waals surface area contributed by atoms with Crippen molar-refractivity contribution >= 4 is 0 Å². The highest BCUT2D eigenvalue weighted by Crippen LogP contribution is 2.46. The van der Waals surface area contributed by atoms with E-state index < -0.39 is 6.04 Å². The van der Waals surface area contributed by atoms with Crippen molar-refractivity contribution in [2.24, 2.45) is 0 Å². The lowest BCUT2D eigenvalue weighted by molar-refractivity contribution is -0.529. The third-order valence-corrected chi connectivity index (χ3v) is 6.58. The van der Waals surface area contributed by atoms with Gasteiger partial charge in [-0.05, 0) is 61.3 Å². The molecule has 0 unspecified atom stereocenters. The van der Waals surface area contributed by atoms with E-state index in [1.165, 1.54) is 0 Å². The van der Waals surface area contributed by atoms with Crippen molar-refractivity contribution in [1.29, 1.82) is 0 Å². The van der Waals surface area contributed by atoms with Crippen molar-refractivity contribution in [3.63, 3.8) is 0 Å². The second-order valence-electron chi connectivity index (χ2n) is 8.64. The molecule has 0 amide bonds. The number of benzene rings is 2. The van der Waals surface area contributed by atoms with Gasteiger partial charge >= 0.3 is 0 Å². The van der Waals surface area contributed by atoms with Crippen LogP contribution in [0.3, 0.4) is 0 Å². The first-order valence-corrected chi connectivity index (χ1v) is 12.0. The van der Waals surface area contributed by atoms with Gasteiger partial charge in [0.1, 0.15) is 17.5 Å². The number of hydrogen-bond donors (Lipinski definition) is 1. The molecule has 0 aliphatic carbocycles. The topological polar surface area (TPSA) is 76.9 Å². The Bertz CT molecular complexity index is 872. The summed E-state index contributed by atoms with van der Waals surface area (Å²) in [7, 11) is 3.28. The van der Waals surface area contributed by atoms with Crippen LogP contribution in [-0.4, -0.2) is 49.2 Å². The Balaban J connectivity index is 2.09. The van der Waals surface area contributed by atoms with Crippen molar-refractivity contribution in [1.82, 2.24) is 10.2 Å². The Morgan fingerprint density at radius 1 is 0.879 bits per heavy atom. The van der Waals surface area contributed by atoms with Crippen molar-refractivity contribution in [2.45, 2.75) is 63.7 Å². The van der Waals surface area contributed by atoms with Gasteiger partial charge in [-0.25, -0.2) is 0 Å². The fourth-order valence-electron chi connectivity index (χ4n) is 4.89. The van der Waals surface area contributed by atoms with Gasteiger partial charge in [-0.1, -0.05) is 51.0 Å². The van der Waals surface area contributed by atoms with Crippen LogP contribution in [0.4, 0.5) is 0 Å². The SMILES string of the molecule is CCCCN[C@H]1[C@H]([N+](=O)[O-])[C@@H](c2ccc(OC)cc2)N(CCCC)[C@@H]1c1ccc(OC)cc1. The average Bonchev–Trinajstić information content (AvgIpc) is 3.17. The molecule has 1 N–H and O–H groups in total. The number of rotatable bonds is 12. The molecule has 4 atom stereocenters. The quantitative estimate of drug-likeness (QED) is 0.276. The summed E-state index contributed by atoms with van der Waals surface area (Å²) in [6, 6.07) is 14.2. The maximum atomic E-state index is 12.5. The fourth-order valence-corrected chi connectivity index (χ4v) is 4.89. The number of nitrogens with one attached hydrogen (secondary N) is 1. The van der Waals surface area contributed by atoms with E-state index in [-0.39, 0.29) is 23.0 Å². The molecule has 0 aromatic heterocycles. The predicted molar refractivity (Wildman–Crippen MR) is 131 cm³/mol. The molecule has 1 saturated heterocycles. The summed E-state index contributed by atoms with van der Waals surface area (Å²) in [4.78, 5) is 14.8. The molecule has 33 heavy (non-hydrogen) atoms. The number of nitrogens with zero attached hydrogens (tertiary/aromatic N) is 2. The summed E-state index contributed by atoms with van der Waals surface area (Å²) in [5.41, 5.74) is 2.02. The third kappa shape index (κ3) is 5.65. The third-order valence-electron chi connectivity index (χ3n) is 6.58. The first kappa shape index (κ1) is 25.0. The van der Waals surface area contributed by atoms with Gasteiger partial charge in [-0.3, -0.25) is 15.0 Å². The highest BCUT2D eigenvalue weighted by Gasteiger charge is 2.56. The molecule has 1 fully saturated rings. The normalized spacial score (nSPS) is 22.9. The monoisotopic (exact) mass is 455 g/mol. The van der Waals surface area contributed by atoms with Crippen molar-refractivity contribution in [3.8, 4) is 11.5 Å². The van der Waals surface area contributed by atoms with Crippen molar-refractivity contribution in [2.75, 3.05) is 27.3 Å². The molecular weight excluding hydrogens is 418 g/mol. The highest BCUT2D eigenvalue weighted by atomic mass is 16.6. The molecule has 1 heterocycles. The molecule has 3 rings (SSSR count). The molecular formula is C26H37N3O4. The van der Waals surface area contributed by atoms with Crippen LogP contribution in [0, 0.1) is 10.1 Å². The Kier molecular flexibility index (Phi) is 9.09. The summed E-state index contributed by atoms with van der Waals surface area (Å²) < 4.78 is 10.7. The lowest BCUT2D eigenvalue weighted by Crippen LogP contribution is -2.45. The second-order valence-corrected chi connectivity index (χ2v) is 8.64. The van der Waals surface area contributed by atoms with E-state index in [0.717, 1.165) is 61.4 Å². The zero-order chi connectivity index (χ0) is 23.8. The minimum atomic E-state index is -0.765. The van der Waals surface area contributed by atoms with Crippen LogP contribution >= 0.6 is 0 Å². The van der Waals surface area contributed by atoms with Gasteiger partial charge in [-0.15, -0.1) is 0 Å². The number of unbranched alkanes of at least 4 members (excludes halogenated alkanes) is 2. The molecule has 0 radical (unpaired) electrons. The number of methoxy groups -OCH3 is 2. The van der Waals surface area contributed by atoms with E-state index in [2.05, 4.69) is 24.1 Å². The Morgan fingerprint density at radius 2 is 1.39 bits per heavy atom. The predicted octanol–water partition coefficient (Wildman–Crippen LogP) is 5.01. The largest absolute Gasteiger partial charge is 0.497 e. The summed E-state index contributed by atoms with van der Waals surface area (Å²) in [5, 5.41) is 16.1. The smallest absolute Gasteiger partial charge is 0.249 e. The summed E-state index contributed by atoms with van der Waals surface area (Å²) in [5.74, 6) is 1.53. The molecule has 2 aromatic rings. The van der Waals surface area contributed by atoms with Gasteiger partial charge in [0.2, 0.25) is 6.04 Å². The van der Waals surface area contributed by atoms with Crippen LogP contribution in [0.5, 0.6) is 11.5 Å². The number of nitro groups is 1. The van der Waals surface area contributed by atoms with E-state index in [1.807, 2.05) is 48.5 Å². The van der Waals surface area contributed by atoms with Crippen LogP contribution in [0.25, 0.3) is 0 Å². The molecule has 0 bridgehead atoms. The maximum absolute atomic E-state index is 12.5. The Morgan fingerprint density at radius 3 is 1.85 bits per heavy atom. The summed E-state index contributed by atoms with van der Waals surface area (Å²) in [6.45, 7) is 5.84. The van der Waals surface area contributed by atoms with Gasteiger partial charge < -0.3 is 14.8 Å². The minimum Gasteiger partial charge on any atom is -0.497 e.